The molecule has 0 aliphatic rings. The van der Waals surface area contributed by atoms with Crippen LogP contribution < -0.4 is 9.80 Å². The van der Waals surface area contributed by atoms with Gasteiger partial charge in [0.1, 0.15) is 11.0 Å². The van der Waals surface area contributed by atoms with Gasteiger partial charge in [0.2, 0.25) is 0 Å². The van der Waals surface area contributed by atoms with Gasteiger partial charge in [0.15, 0.2) is 11.3 Å². The lowest BCUT2D eigenvalue weighted by Crippen LogP contribution is -2.11. The molecule has 0 bridgehead atoms. The van der Waals surface area contributed by atoms with Crippen molar-refractivity contribution in [2.45, 2.75) is 0 Å². The molecule has 0 radical (unpaired) electrons. The van der Waals surface area contributed by atoms with Crippen molar-refractivity contribution in [3.05, 3.63) is 218 Å². The molecule has 0 aliphatic carbocycles. The fourth-order valence-electron chi connectivity index (χ4n) is 11.2. The van der Waals surface area contributed by atoms with Gasteiger partial charge in [-0.3, -0.25) is 8.80 Å². The second-order valence-electron chi connectivity index (χ2n) is 17.3. The van der Waals surface area contributed by atoms with Crippen molar-refractivity contribution in [1.29, 1.82) is 0 Å². The number of hydrogen-bond acceptors (Lipinski definition) is 4. The average Bonchev–Trinajstić information content (AvgIpc) is 4.11. The Morgan fingerprint density at radius 1 is 0.288 bits per heavy atom. The number of anilines is 6. The quantitative estimate of drug-likeness (QED) is 0.167. The van der Waals surface area contributed by atoms with Crippen molar-refractivity contribution in [2.24, 2.45) is 0 Å². The van der Waals surface area contributed by atoms with Gasteiger partial charge in [-0.15, -0.1) is 0 Å². The molecule has 0 spiro atoms. The second kappa shape index (κ2) is 13.3. The highest BCUT2D eigenvalue weighted by atomic mass is 15.2. The predicted molar refractivity (Wildman–Crippen MR) is 276 cm³/mol. The first-order valence-corrected chi connectivity index (χ1v) is 22.5. The summed E-state index contributed by atoms with van der Waals surface area (Å²) in [7, 11) is 0. The van der Waals surface area contributed by atoms with Crippen LogP contribution in [0.1, 0.15) is 0 Å². The molecule has 6 heteroatoms. The van der Waals surface area contributed by atoms with E-state index >= 15 is 0 Å². The van der Waals surface area contributed by atoms with E-state index in [-0.39, 0.29) is 0 Å². The summed E-state index contributed by atoms with van der Waals surface area (Å²) in [5.74, 6) is 0. The summed E-state index contributed by atoms with van der Waals surface area (Å²) in [6.07, 6.45) is 0. The molecular weight excluding hydrogens is 805 g/mol. The molecule has 0 unspecified atom stereocenters. The van der Waals surface area contributed by atoms with Crippen LogP contribution in [0, 0.1) is 0 Å². The molecule has 0 fully saturated rings. The summed E-state index contributed by atoms with van der Waals surface area (Å²) in [6, 6.07) is 78.5. The molecular formula is C60H36N6. The molecule has 0 saturated carbocycles. The Bertz CT molecular complexity index is 4310. The zero-order chi connectivity index (χ0) is 43.0. The highest BCUT2D eigenvalue weighted by Gasteiger charge is 2.30. The van der Waals surface area contributed by atoms with Gasteiger partial charge in [-0.25, -0.2) is 9.97 Å². The van der Waals surface area contributed by atoms with E-state index in [9.17, 15) is 0 Å². The minimum Gasteiger partial charge on any atom is -0.308 e. The normalized spacial score (nSPS) is 12.2. The maximum atomic E-state index is 5.91. The van der Waals surface area contributed by atoms with Gasteiger partial charge >= 0.3 is 0 Å². The van der Waals surface area contributed by atoms with Crippen molar-refractivity contribution >= 4 is 132 Å². The van der Waals surface area contributed by atoms with Crippen molar-refractivity contribution in [3.8, 4) is 0 Å². The van der Waals surface area contributed by atoms with Gasteiger partial charge in [-0.05, 0) is 88.3 Å². The molecule has 15 aromatic rings. The van der Waals surface area contributed by atoms with Gasteiger partial charge in [0.05, 0.1) is 33.4 Å². The number of aromatic nitrogens is 4. The maximum absolute atomic E-state index is 5.91. The Balaban J connectivity index is 1.15. The number of fused-ring (bicyclic) bond motifs is 16. The largest absolute Gasteiger partial charge is 0.308 e. The van der Waals surface area contributed by atoms with Crippen molar-refractivity contribution in [1.82, 2.24) is 18.8 Å². The summed E-state index contributed by atoms with van der Waals surface area (Å²) in [5.41, 5.74) is 14.4. The smallest absolute Gasteiger partial charge is 0.165 e. The van der Waals surface area contributed by atoms with Gasteiger partial charge in [0.25, 0.3) is 0 Å². The fourth-order valence-corrected chi connectivity index (χ4v) is 11.2. The zero-order valence-electron chi connectivity index (χ0n) is 35.5. The Labute approximate surface area is 377 Å². The number of para-hydroxylation sites is 6. The zero-order valence-corrected chi connectivity index (χ0v) is 35.5. The van der Waals surface area contributed by atoms with Crippen molar-refractivity contribution < 1.29 is 0 Å². The van der Waals surface area contributed by atoms with E-state index in [1.54, 1.807) is 0 Å². The SMILES string of the molecule is c1ccc(N(c2ccccc2)c2cccc3c4cccc5c6nc7c(nc6n(c23)c45)c2c3ccccc3cc3c4c5ccccc5cc(N(c5ccccc5)c5ccccc5)c4n7c32)cc1. The molecule has 6 nitrogen and oxygen atoms in total. The topological polar surface area (TPSA) is 41.1 Å². The summed E-state index contributed by atoms with van der Waals surface area (Å²) in [5, 5.41) is 11.7. The number of nitrogens with zero attached hydrogens (tertiary/aromatic N) is 6. The first-order valence-electron chi connectivity index (χ1n) is 22.5. The highest BCUT2D eigenvalue weighted by Crippen LogP contribution is 2.51. The van der Waals surface area contributed by atoms with Crippen LogP contribution in [0.3, 0.4) is 0 Å². The maximum Gasteiger partial charge on any atom is 0.165 e. The Morgan fingerprint density at radius 2 is 0.727 bits per heavy atom. The number of rotatable bonds is 6. The van der Waals surface area contributed by atoms with Crippen LogP contribution >= 0.6 is 0 Å². The summed E-state index contributed by atoms with van der Waals surface area (Å²) >= 11 is 0. The van der Waals surface area contributed by atoms with E-state index in [1.165, 1.54) is 37.7 Å². The molecule has 0 amide bonds. The third kappa shape index (κ3) is 4.69. The van der Waals surface area contributed by atoms with E-state index < -0.39 is 0 Å². The predicted octanol–water partition coefficient (Wildman–Crippen LogP) is 16.0. The van der Waals surface area contributed by atoms with E-state index in [4.69, 9.17) is 9.97 Å². The number of hydrogen-bond donors (Lipinski definition) is 0. The summed E-state index contributed by atoms with van der Waals surface area (Å²) in [6.45, 7) is 0. The third-order valence-electron chi connectivity index (χ3n) is 13.8. The van der Waals surface area contributed by atoms with Crippen LogP contribution in [0.4, 0.5) is 34.1 Å². The molecule has 15 rings (SSSR count). The lowest BCUT2D eigenvalue weighted by molar-refractivity contribution is 1.22. The molecule has 0 atom stereocenters. The lowest BCUT2D eigenvalue weighted by Gasteiger charge is -2.27. The Hall–Kier alpha value is -9.00. The van der Waals surface area contributed by atoms with E-state index in [0.717, 1.165) is 94.7 Å². The second-order valence-corrected chi connectivity index (χ2v) is 17.3. The number of benzene rings is 10. The minimum atomic E-state index is 0.847. The van der Waals surface area contributed by atoms with E-state index in [2.05, 4.69) is 237 Å². The van der Waals surface area contributed by atoms with Crippen LogP contribution in [0.2, 0.25) is 0 Å². The van der Waals surface area contributed by atoms with Gasteiger partial charge in [-0.2, -0.15) is 0 Å². The molecule has 306 valence electrons. The monoisotopic (exact) mass is 840 g/mol. The minimum absolute atomic E-state index is 0.847. The van der Waals surface area contributed by atoms with Crippen LogP contribution in [0.5, 0.6) is 0 Å². The summed E-state index contributed by atoms with van der Waals surface area (Å²) in [4.78, 5) is 16.6. The molecule has 0 N–H and O–H groups in total. The van der Waals surface area contributed by atoms with Gasteiger partial charge < -0.3 is 9.80 Å². The molecule has 0 aliphatic heterocycles. The molecule has 66 heavy (non-hydrogen) atoms. The van der Waals surface area contributed by atoms with Crippen molar-refractivity contribution in [3.63, 3.8) is 0 Å². The van der Waals surface area contributed by atoms with Crippen LogP contribution in [-0.4, -0.2) is 18.8 Å². The van der Waals surface area contributed by atoms with E-state index in [0.29, 0.717) is 0 Å². The highest BCUT2D eigenvalue weighted by molar-refractivity contribution is 6.36. The molecule has 5 aromatic heterocycles. The third-order valence-corrected chi connectivity index (χ3v) is 13.8. The van der Waals surface area contributed by atoms with E-state index in [1.807, 2.05) is 0 Å². The standard InChI is InChI=1S/C60H36N6/c1-5-21-39(22-6-1)63(40-23-7-2-8-24-40)49-34-18-32-46-45-31-17-33-47-53-59(65(55(45)47)56(46)49)62-54-52-44-30-16-13-19-37(44)35-48-51-43-29-15-14-20-38(43)36-50(58(51)66(57(48)52)60(54)61-53)64(41-25-9-3-10-26-41)42-27-11-4-12-28-42/h1-36H. The van der Waals surface area contributed by atoms with Crippen molar-refractivity contribution in [2.75, 3.05) is 9.80 Å². The first kappa shape index (κ1) is 35.5. The van der Waals surface area contributed by atoms with Gasteiger partial charge in [-0.1, -0.05) is 152 Å². The Morgan fingerprint density at radius 3 is 1.35 bits per heavy atom. The molecule has 5 heterocycles. The lowest BCUT2D eigenvalue weighted by atomic mass is 9.98. The average molecular weight is 841 g/mol. The van der Waals surface area contributed by atoms with Crippen LogP contribution in [0.25, 0.3) is 98.3 Å². The van der Waals surface area contributed by atoms with Crippen LogP contribution in [-0.2, 0) is 0 Å². The van der Waals surface area contributed by atoms with Crippen LogP contribution in [0.15, 0.2) is 218 Å². The first-order chi connectivity index (χ1) is 32.8. The Kier molecular flexibility index (Phi) is 7.13. The van der Waals surface area contributed by atoms with Gasteiger partial charge in [0, 0.05) is 55.1 Å². The molecule has 0 saturated heterocycles. The fraction of sp³-hybridized carbons (Fsp3) is 0. The summed E-state index contributed by atoms with van der Waals surface area (Å²) < 4.78 is 4.84. The molecule has 10 aromatic carbocycles.